The average Bonchev–Trinajstić information content (AvgIpc) is 1.96. The summed E-state index contributed by atoms with van der Waals surface area (Å²) in [6, 6.07) is 0. The molecule has 0 spiro atoms. The first-order chi connectivity index (χ1) is 5.15. The predicted molar refractivity (Wildman–Crippen MR) is 38.0 cm³/mol. The Balaban J connectivity index is 2.51. The zero-order valence-electron chi connectivity index (χ0n) is 6.73. The number of aliphatic hydroxyl groups is 2. The summed E-state index contributed by atoms with van der Waals surface area (Å²) in [6.45, 7) is 1.83. The first kappa shape index (κ1) is 8.93. The van der Waals surface area contributed by atoms with Crippen LogP contribution in [0, 0.1) is 0 Å². The summed E-state index contributed by atoms with van der Waals surface area (Å²) in [5, 5.41) is 18.5. The number of rotatable bonds is 1. The van der Waals surface area contributed by atoms with Crippen molar-refractivity contribution in [3.8, 4) is 0 Å². The monoisotopic (exact) mass is 162 g/mol. The van der Waals surface area contributed by atoms with Gasteiger partial charge in [-0.3, -0.25) is 0 Å². The molecular formula is C7H14O4. The molecule has 4 atom stereocenters. The zero-order chi connectivity index (χ0) is 8.43. The molecule has 11 heavy (non-hydrogen) atoms. The highest BCUT2D eigenvalue weighted by Crippen LogP contribution is 2.19. The molecular weight excluding hydrogens is 148 g/mol. The summed E-state index contributed by atoms with van der Waals surface area (Å²) in [4.78, 5) is 0. The fourth-order valence-electron chi connectivity index (χ4n) is 1.22. The first-order valence-corrected chi connectivity index (χ1v) is 3.69. The SMILES string of the molecule is COC1OC(C)CC(O)C1O. The molecule has 0 aliphatic carbocycles. The van der Waals surface area contributed by atoms with Crippen molar-refractivity contribution >= 4 is 0 Å². The van der Waals surface area contributed by atoms with E-state index in [2.05, 4.69) is 0 Å². The Hall–Kier alpha value is -0.160. The molecule has 4 heteroatoms. The minimum absolute atomic E-state index is 0.0571. The highest BCUT2D eigenvalue weighted by atomic mass is 16.7. The lowest BCUT2D eigenvalue weighted by Crippen LogP contribution is -2.48. The summed E-state index contributed by atoms with van der Waals surface area (Å²) in [6.07, 6.45) is -1.94. The van der Waals surface area contributed by atoms with Gasteiger partial charge >= 0.3 is 0 Å². The van der Waals surface area contributed by atoms with E-state index in [-0.39, 0.29) is 6.10 Å². The van der Waals surface area contributed by atoms with E-state index in [0.717, 1.165) is 0 Å². The van der Waals surface area contributed by atoms with Gasteiger partial charge in [0.25, 0.3) is 0 Å². The molecule has 4 unspecified atom stereocenters. The maximum absolute atomic E-state index is 9.26. The van der Waals surface area contributed by atoms with E-state index in [0.29, 0.717) is 6.42 Å². The van der Waals surface area contributed by atoms with Crippen molar-refractivity contribution in [3.05, 3.63) is 0 Å². The van der Waals surface area contributed by atoms with Gasteiger partial charge < -0.3 is 19.7 Å². The van der Waals surface area contributed by atoms with Crippen LogP contribution in [0.4, 0.5) is 0 Å². The van der Waals surface area contributed by atoms with Gasteiger partial charge in [0.05, 0.1) is 12.2 Å². The molecule has 0 aromatic carbocycles. The fourth-order valence-corrected chi connectivity index (χ4v) is 1.22. The number of hydrogen-bond acceptors (Lipinski definition) is 4. The van der Waals surface area contributed by atoms with E-state index in [4.69, 9.17) is 9.47 Å². The van der Waals surface area contributed by atoms with Crippen LogP contribution in [0.3, 0.4) is 0 Å². The van der Waals surface area contributed by atoms with Gasteiger partial charge in [-0.05, 0) is 6.92 Å². The molecule has 66 valence electrons. The highest BCUT2D eigenvalue weighted by molar-refractivity contribution is 4.78. The van der Waals surface area contributed by atoms with Crippen molar-refractivity contribution in [2.45, 2.75) is 37.9 Å². The number of methoxy groups -OCH3 is 1. The molecule has 0 aromatic rings. The molecule has 0 radical (unpaired) electrons. The third-order valence-corrected chi connectivity index (χ3v) is 1.85. The predicted octanol–water partition coefficient (Wildman–Crippen LogP) is -0.510. The first-order valence-electron chi connectivity index (χ1n) is 3.69. The minimum Gasteiger partial charge on any atom is -0.390 e. The van der Waals surface area contributed by atoms with Crippen LogP contribution >= 0.6 is 0 Å². The van der Waals surface area contributed by atoms with Crippen LogP contribution < -0.4 is 0 Å². The molecule has 0 amide bonds. The lowest BCUT2D eigenvalue weighted by molar-refractivity contribution is -0.254. The molecule has 1 aliphatic rings. The van der Waals surface area contributed by atoms with Crippen molar-refractivity contribution in [2.24, 2.45) is 0 Å². The van der Waals surface area contributed by atoms with E-state index in [9.17, 15) is 10.2 Å². The van der Waals surface area contributed by atoms with Crippen molar-refractivity contribution in [3.63, 3.8) is 0 Å². The normalized spacial score (nSPS) is 45.8. The van der Waals surface area contributed by atoms with Crippen LogP contribution in [-0.4, -0.2) is 41.9 Å². The maximum atomic E-state index is 9.26. The van der Waals surface area contributed by atoms with Crippen LogP contribution in [0.25, 0.3) is 0 Å². The lowest BCUT2D eigenvalue weighted by Gasteiger charge is -2.34. The second-order valence-electron chi connectivity index (χ2n) is 2.84. The molecule has 1 aliphatic heterocycles. The molecule has 0 aromatic heterocycles. The summed E-state index contributed by atoms with van der Waals surface area (Å²) < 4.78 is 10.00. The van der Waals surface area contributed by atoms with Gasteiger partial charge in [0.15, 0.2) is 6.29 Å². The largest absolute Gasteiger partial charge is 0.390 e. The third kappa shape index (κ3) is 1.90. The van der Waals surface area contributed by atoms with E-state index >= 15 is 0 Å². The molecule has 1 rings (SSSR count). The fraction of sp³-hybridized carbons (Fsp3) is 1.00. The third-order valence-electron chi connectivity index (χ3n) is 1.85. The van der Waals surface area contributed by atoms with Gasteiger partial charge in [-0.1, -0.05) is 0 Å². The molecule has 4 nitrogen and oxygen atoms in total. The second kappa shape index (κ2) is 3.49. The topological polar surface area (TPSA) is 58.9 Å². The Morgan fingerprint density at radius 2 is 2.09 bits per heavy atom. The average molecular weight is 162 g/mol. The van der Waals surface area contributed by atoms with Gasteiger partial charge in [0.2, 0.25) is 0 Å². The number of aliphatic hydroxyl groups excluding tert-OH is 2. The molecule has 2 N–H and O–H groups in total. The molecule has 1 saturated heterocycles. The number of hydrogen-bond donors (Lipinski definition) is 2. The van der Waals surface area contributed by atoms with Crippen molar-refractivity contribution in [1.82, 2.24) is 0 Å². The quantitative estimate of drug-likeness (QED) is 0.545. The Morgan fingerprint density at radius 3 is 2.64 bits per heavy atom. The van der Waals surface area contributed by atoms with Gasteiger partial charge in [0, 0.05) is 13.5 Å². The van der Waals surface area contributed by atoms with Crippen LogP contribution in [0.5, 0.6) is 0 Å². The van der Waals surface area contributed by atoms with Crippen molar-refractivity contribution in [1.29, 1.82) is 0 Å². The van der Waals surface area contributed by atoms with Crippen LogP contribution in [0.15, 0.2) is 0 Å². The van der Waals surface area contributed by atoms with Gasteiger partial charge in [-0.25, -0.2) is 0 Å². The van der Waals surface area contributed by atoms with Crippen molar-refractivity contribution in [2.75, 3.05) is 7.11 Å². The smallest absolute Gasteiger partial charge is 0.185 e. The Bertz CT molecular complexity index is 128. The number of ether oxygens (including phenoxy) is 2. The molecule has 0 saturated carbocycles. The van der Waals surface area contributed by atoms with Crippen LogP contribution in [0.1, 0.15) is 13.3 Å². The Labute approximate surface area is 65.7 Å². The van der Waals surface area contributed by atoms with E-state index in [1.165, 1.54) is 7.11 Å². The van der Waals surface area contributed by atoms with E-state index in [1.807, 2.05) is 6.92 Å². The zero-order valence-corrected chi connectivity index (χ0v) is 6.73. The Kier molecular flexibility index (Phi) is 2.84. The summed E-state index contributed by atoms with van der Waals surface area (Å²) in [7, 11) is 1.44. The standard InChI is InChI=1S/C7H14O4/c1-4-3-5(8)6(9)7(10-2)11-4/h4-9H,3H2,1-2H3. The Morgan fingerprint density at radius 1 is 1.45 bits per heavy atom. The van der Waals surface area contributed by atoms with Crippen molar-refractivity contribution < 1.29 is 19.7 Å². The molecule has 1 heterocycles. The van der Waals surface area contributed by atoms with E-state index < -0.39 is 18.5 Å². The van der Waals surface area contributed by atoms with Gasteiger partial charge in [-0.2, -0.15) is 0 Å². The van der Waals surface area contributed by atoms with Gasteiger partial charge in [0.1, 0.15) is 6.10 Å². The van der Waals surface area contributed by atoms with Gasteiger partial charge in [-0.15, -0.1) is 0 Å². The summed E-state index contributed by atoms with van der Waals surface area (Å²) >= 11 is 0. The van der Waals surface area contributed by atoms with Crippen LogP contribution in [0.2, 0.25) is 0 Å². The lowest BCUT2D eigenvalue weighted by atomic mass is 10.0. The van der Waals surface area contributed by atoms with E-state index in [1.54, 1.807) is 0 Å². The highest BCUT2D eigenvalue weighted by Gasteiger charge is 2.34. The summed E-state index contributed by atoms with van der Waals surface area (Å²) in [5.74, 6) is 0. The second-order valence-corrected chi connectivity index (χ2v) is 2.84. The molecule has 1 fully saturated rings. The maximum Gasteiger partial charge on any atom is 0.185 e. The minimum atomic E-state index is -0.920. The summed E-state index contributed by atoms with van der Waals surface area (Å²) in [5.41, 5.74) is 0. The molecule has 0 bridgehead atoms. The van der Waals surface area contributed by atoms with Crippen LogP contribution in [-0.2, 0) is 9.47 Å².